The van der Waals surface area contributed by atoms with Crippen molar-refractivity contribution in [3.63, 3.8) is 0 Å². The van der Waals surface area contributed by atoms with Gasteiger partial charge < -0.3 is 15.1 Å². The molecule has 0 bridgehead atoms. The number of rotatable bonds is 5. The molecule has 5 heteroatoms. The lowest BCUT2D eigenvalue weighted by atomic mass is 9.87. The number of amides is 1. The number of carbonyl (C=O) groups is 2. The molecule has 136 valence electrons. The van der Waals surface area contributed by atoms with E-state index in [0.717, 1.165) is 18.4 Å². The number of piperidine rings is 1. The molecule has 0 saturated carbocycles. The quantitative estimate of drug-likeness (QED) is 0.866. The molecule has 26 heavy (non-hydrogen) atoms. The first-order chi connectivity index (χ1) is 12.5. The van der Waals surface area contributed by atoms with Crippen LogP contribution in [0.3, 0.4) is 0 Å². The van der Waals surface area contributed by atoms with Gasteiger partial charge in [0.2, 0.25) is 5.91 Å². The van der Waals surface area contributed by atoms with Crippen LogP contribution in [0.5, 0.6) is 0 Å². The van der Waals surface area contributed by atoms with E-state index >= 15 is 0 Å². The molecule has 1 fully saturated rings. The van der Waals surface area contributed by atoms with Crippen molar-refractivity contribution in [3.8, 4) is 0 Å². The zero-order valence-electron chi connectivity index (χ0n) is 14.5. The largest absolute Gasteiger partial charge is 0.478 e. The third-order valence-electron chi connectivity index (χ3n) is 5.01. The highest BCUT2D eigenvalue weighted by molar-refractivity contribution is 5.88. The molecule has 2 N–H and O–H groups in total. The lowest BCUT2D eigenvalue weighted by Gasteiger charge is -2.34. The topological polar surface area (TPSA) is 77.8 Å². The van der Waals surface area contributed by atoms with E-state index in [0.29, 0.717) is 18.7 Å². The monoisotopic (exact) mass is 353 g/mol. The highest BCUT2D eigenvalue weighted by Crippen LogP contribution is 2.30. The number of carboxylic acids is 1. The Bertz CT molecular complexity index is 767. The first-order valence-electron chi connectivity index (χ1n) is 8.87. The number of nitrogens with zero attached hydrogens (tertiary/aromatic N) is 1. The summed E-state index contributed by atoms with van der Waals surface area (Å²) in [6, 6.07) is 16.1. The van der Waals surface area contributed by atoms with E-state index in [9.17, 15) is 14.7 Å². The van der Waals surface area contributed by atoms with E-state index in [2.05, 4.69) is 0 Å². The van der Waals surface area contributed by atoms with Gasteiger partial charge in [0.05, 0.1) is 18.1 Å². The summed E-state index contributed by atoms with van der Waals surface area (Å²) in [5.74, 6) is -0.841. The minimum atomic E-state index is -0.991. The number of carbonyl (C=O) groups excluding carboxylic acids is 1. The van der Waals surface area contributed by atoms with Crippen molar-refractivity contribution in [2.45, 2.75) is 25.4 Å². The van der Waals surface area contributed by atoms with Gasteiger partial charge in [-0.15, -0.1) is 0 Å². The molecule has 1 atom stereocenters. The fourth-order valence-electron chi connectivity index (χ4n) is 3.49. The molecule has 1 amide bonds. The predicted octanol–water partition coefficient (Wildman–Crippen LogP) is 2.90. The molecule has 0 spiro atoms. The van der Waals surface area contributed by atoms with E-state index in [1.165, 1.54) is 6.07 Å². The second-order valence-corrected chi connectivity index (χ2v) is 6.76. The van der Waals surface area contributed by atoms with Gasteiger partial charge >= 0.3 is 5.97 Å². The van der Waals surface area contributed by atoms with Crippen LogP contribution in [0.25, 0.3) is 0 Å². The second-order valence-electron chi connectivity index (χ2n) is 6.76. The van der Waals surface area contributed by atoms with Gasteiger partial charge in [0, 0.05) is 13.1 Å². The summed E-state index contributed by atoms with van der Waals surface area (Å²) in [7, 11) is 0. The van der Waals surface area contributed by atoms with Crippen molar-refractivity contribution >= 4 is 11.9 Å². The molecule has 1 heterocycles. The van der Waals surface area contributed by atoms with Crippen molar-refractivity contribution in [1.29, 1.82) is 0 Å². The van der Waals surface area contributed by atoms with Crippen molar-refractivity contribution in [2.75, 3.05) is 13.1 Å². The lowest BCUT2D eigenvalue weighted by Crippen LogP contribution is -2.40. The summed E-state index contributed by atoms with van der Waals surface area (Å²) in [5, 5.41) is 19.6. The SMILES string of the molecule is O=C(O)c1cccc(CC(=O)N2CCC(C(O)c3ccccc3)CC2)c1. The van der Waals surface area contributed by atoms with Crippen molar-refractivity contribution in [1.82, 2.24) is 4.90 Å². The minimum absolute atomic E-state index is 0.000176. The van der Waals surface area contributed by atoms with Gasteiger partial charge in [-0.25, -0.2) is 4.79 Å². The summed E-state index contributed by atoms with van der Waals surface area (Å²) >= 11 is 0. The fraction of sp³-hybridized carbons (Fsp3) is 0.333. The Morgan fingerprint density at radius 2 is 1.73 bits per heavy atom. The maximum Gasteiger partial charge on any atom is 0.335 e. The van der Waals surface area contributed by atoms with Crippen LogP contribution in [0.15, 0.2) is 54.6 Å². The van der Waals surface area contributed by atoms with Crippen molar-refractivity contribution in [2.24, 2.45) is 5.92 Å². The molecule has 1 saturated heterocycles. The van der Waals surface area contributed by atoms with Crippen LogP contribution in [0.2, 0.25) is 0 Å². The first kappa shape index (κ1) is 18.1. The van der Waals surface area contributed by atoms with E-state index < -0.39 is 12.1 Å². The van der Waals surface area contributed by atoms with Gasteiger partial charge in [0.15, 0.2) is 0 Å². The van der Waals surface area contributed by atoms with Crippen LogP contribution in [0.1, 0.15) is 40.4 Å². The van der Waals surface area contributed by atoms with Gasteiger partial charge in [-0.2, -0.15) is 0 Å². The van der Waals surface area contributed by atoms with Crippen LogP contribution < -0.4 is 0 Å². The maximum atomic E-state index is 12.5. The lowest BCUT2D eigenvalue weighted by molar-refractivity contribution is -0.132. The smallest absolute Gasteiger partial charge is 0.335 e. The van der Waals surface area contributed by atoms with Gasteiger partial charge in [0.1, 0.15) is 0 Å². The Morgan fingerprint density at radius 3 is 2.38 bits per heavy atom. The number of hydrogen-bond acceptors (Lipinski definition) is 3. The predicted molar refractivity (Wildman–Crippen MR) is 97.8 cm³/mol. The molecule has 5 nitrogen and oxygen atoms in total. The van der Waals surface area contributed by atoms with Crippen LogP contribution >= 0.6 is 0 Å². The van der Waals surface area contributed by atoms with Gasteiger partial charge in [-0.05, 0) is 42.0 Å². The number of benzene rings is 2. The highest BCUT2D eigenvalue weighted by atomic mass is 16.4. The molecule has 0 aromatic heterocycles. The van der Waals surface area contributed by atoms with Crippen molar-refractivity contribution in [3.05, 3.63) is 71.3 Å². The number of aromatic carboxylic acids is 1. The highest BCUT2D eigenvalue weighted by Gasteiger charge is 2.28. The number of likely N-dealkylation sites (tertiary alicyclic amines) is 1. The molecule has 3 rings (SSSR count). The van der Waals surface area contributed by atoms with Crippen LogP contribution in [-0.4, -0.2) is 40.1 Å². The van der Waals surface area contributed by atoms with E-state index in [-0.39, 0.29) is 23.8 Å². The maximum absolute atomic E-state index is 12.5. The molecule has 1 aliphatic heterocycles. The Morgan fingerprint density at radius 1 is 1.04 bits per heavy atom. The molecule has 2 aromatic carbocycles. The third kappa shape index (κ3) is 4.29. The van der Waals surface area contributed by atoms with Crippen LogP contribution in [-0.2, 0) is 11.2 Å². The molecular weight excluding hydrogens is 330 g/mol. The number of aliphatic hydroxyl groups excluding tert-OH is 1. The molecule has 0 aliphatic carbocycles. The number of aliphatic hydroxyl groups is 1. The Kier molecular flexibility index (Phi) is 5.68. The zero-order valence-corrected chi connectivity index (χ0v) is 14.5. The minimum Gasteiger partial charge on any atom is -0.478 e. The van der Waals surface area contributed by atoms with Gasteiger partial charge in [-0.1, -0.05) is 42.5 Å². The van der Waals surface area contributed by atoms with E-state index in [1.807, 2.05) is 35.2 Å². The van der Waals surface area contributed by atoms with Crippen molar-refractivity contribution < 1.29 is 19.8 Å². The Labute approximate surface area is 152 Å². The standard InChI is InChI=1S/C21H23NO4/c23-19(14-15-5-4-8-18(13-15)21(25)26)22-11-9-17(10-12-22)20(24)16-6-2-1-3-7-16/h1-8,13,17,20,24H,9-12,14H2,(H,25,26). The molecular formula is C21H23NO4. The molecule has 0 radical (unpaired) electrons. The first-order valence-corrected chi connectivity index (χ1v) is 8.87. The number of carboxylic acid groups (broad SMARTS) is 1. The Balaban J connectivity index is 1.55. The molecule has 1 unspecified atom stereocenters. The summed E-state index contributed by atoms with van der Waals surface area (Å²) in [6.07, 6.45) is 1.22. The van der Waals surface area contributed by atoms with Gasteiger partial charge in [0.25, 0.3) is 0 Å². The van der Waals surface area contributed by atoms with Gasteiger partial charge in [-0.3, -0.25) is 4.79 Å². The third-order valence-corrected chi connectivity index (χ3v) is 5.01. The second kappa shape index (κ2) is 8.15. The molecule has 2 aromatic rings. The summed E-state index contributed by atoms with van der Waals surface area (Å²) in [4.78, 5) is 25.4. The summed E-state index contributed by atoms with van der Waals surface area (Å²) in [5.41, 5.74) is 1.82. The molecule has 1 aliphatic rings. The van der Waals surface area contributed by atoms with E-state index in [4.69, 9.17) is 5.11 Å². The number of hydrogen-bond donors (Lipinski definition) is 2. The van der Waals surface area contributed by atoms with E-state index in [1.54, 1.807) is 18.2 Å². The average molecular weight is 353 g/mol. The summed E-state index contributed by atoms with van der Waals surface area (Å²) in [6.45, 7) is 1.23. The van der Waals surface area contributed by atoms with Crippen LogP contribution in [0, 0.1) is 5.92 Å². The van der Waals surface area contributed by atoms with Crippen LogP contribution in [0.4, 0.5) is 0 Å². The summed E-state index contributed by atoms with van der Waals surface area (Å²) < 4.78 is 0. The Hall–Kier alpha value is -2.66. The average Bonchev–Trinajstić information content (AvgIpc) is 2.68. The fourth-order valence-corrected chi connectivity index (χ4v) is 3.49. The normalized spacial score (nSPS) is 16.3. The zero-order chi connectivity index (χ0) is 18.5.